The van der Waals surface area contributed by atoms with Crippen LogP contribution in [0.3, 0.4) is 0 Å². The van der Waals surface area contributed by atoms with Gasteiger partial charge in [0, 0.05) is 16.3 Å². The van der Waals surface area contributed by atoms with Crippen LogP contribution in [0.4, 0.5) is 0 Å². The molecule has 0 saturated carbocycles. The van der Waals surface area contributed by atoms with Crippen LogP contribution in [0, 0.1) is 26.1 Å². The van der Waals surface area contributed by atoms with Crippen LogP contribution in [-0.2, 0) is 0 Å². The number of nitro groups is 2. The molecule has 0 aliphatic heterocycles. The highest BCUT2D eigenvalue weighted by atomic mass is 16.6. The van der Waals surface area contributed by atoms with Crippen molar-refractivity contribution >= 4 is 7.85 Å². The fourth-order valence-corrected chi connectivity index (χ4v) is 2.90. The molecule has 0 heterocycles. The summed E-state index contributed by atoms with van der Waals surface area (Å²) in [5.74, 6) is -0.639. The molecule has 0 rings (SSSR count). The maximum absolute atomic E-state index is 11.4. The van der Waals surface area contributed by atoms with Gasteiger partial charge in [-0.25, -0.2) is 0 Å². The molecule has 0 N–H and O–H groups in total. The zero-order chi connectivity index (χ0) is 15.9. The Morgan fingerprint density at radius 1 is 1.20 bits per heavy atom. The van der Waals surface area contributed by atoms with E-state index in [9.17, 15) is 20.2 Å². The van der Waals surface area contributed by atoms with Gasteiger partial charge in [-0.2, -0.15) is 0 Å². The highest BCUT2D eigenvalue weighted by Crippen LogP contribution is 2.45. The lowest BCUT2D eigenvalue weighted by atomic mass is 9.53. The van der Waals surface area contributed by atoms with Crippen molar-refractivity contribution in [3.05, 3.63) is 32.9 Å². The summed E-state index contributed by atoms with van der Waals surface area (Å²) in [4.78, 5) is 21.9. The van der Waals surface area contributed by atoms with Gasteiger partial charge in [0.25, 0.3) is 0 Å². The Balaban J connectivity index is 5.82. The van der Waals surface area contributed by atoms with E-state index >= 15 is 0 Å². The Labute approximate surface area is 121 Å². The Morgan fingerprint density at radius 2 is 1.70 bits per heavy atom. The normalized spacial score (nSPS) is 16.1. The van der Waals surface area contributed by atoms with Gasteiger partial charge in [-0.3, -0.25) is 20.2 Å². The molecule has 0 radical (unpaired) electrons. The standard InChI is InChI=1S/C13H25BN2O4/c1-5-9-11(16(19)20)12(10(6-2)15(17)18)13(14,7-3)8-4/h6,10-12H,2,5,7-9,14H2,1,3-4H3. The SMILES string of the molecule is BC(CC)(CC)C(C(C=C)[N+](=O)[O-])C(CCC)[N+](=O)[O-]. The van der Waals surface area contributed by atoms with Crippen LogP contribution in [0.2, 0.25) is 5.31 Å². The lowest BCUT2D eigenvalue weighted by Crippen LogP contribution is -2.47. The van der Waals surface area contributed by atoms with Gasteiger partial charge in [0.1, 0.15) is 7.85 Å². The van der Waals surface area contributed by atoms with Crippen molar-refractivity contribution < 1.29 is 9.85 Å². The molecule has 7 heteroatoms. The maximum Gasteiger partial charge on any atom is 0.240 e. The van der Waals surface area contributed by atoms with Crippen molar-refractivity contribution in [1.29, 1.82) is 0 Å². The fraction of sp³-hybridized carbons (Fsp3) is 0.846. The third kappa shape index (κ3) is 4.05. The third-order valence-corrected chi connectivity index (χ3v) is 4.54. The minimum Gasteiger partial charge on any atom is -0.264 e. The summed E-state index contributed by atoms with van der Waals surface area (Å²) in [6.45, 7) is 9.24. The van der Waals surface area contributed by atoms with E-state index < -0.39 is 28.2 Å². The second-order valence-electron chi connectivity index (χ2n) is 5.54. The van der Waals surface area contributed by atoms with Crippen LogP contribution in [-0.4, -0.2) is 29.8 Å². The van der Waals surface area contributed by atoms with E-state index in [-0.39, 0.29) is 4.92 Å². The molecule has 114 valence electrons. The molecule has 0 amide bonds. The molecule has 0 spiro atoms. The average molecular weight is 284 g/mol. The Kier molecular flexibility index (Phi) is 7.46. The van der Waals surface area contributed by atoms with Crippen LogP contribution >= 0.6 is 0 Å². The van der Waals surface area contributed by atoms with E-state index in [1.807, 2.05) is 28.6 Å². The highest BCUT2D eigenvalue weighted by Gasteiger charge is 2.50. The van der Waals surface area contributed by atoms with Gasteiger partial charge in [-0.15, -0.1) is 0 Å². The molecular formula is C13H25BN2O4. The van der Waals surface area contributed by atoms with Crippen LogP contribution in [0.5, 0.6) is 0 Å². The molecule has 0 aliphatic rings. The summed E-state index contributed by atoms with van der Waals surface area (Å²) < 4.78 is 0. The van der Waals surface area contributed by atoms with Gasteiger partial charge >= 0.3 is 0 Å². The van der Waals surface area contributed by atoms with Crippen LogP contribution in [0.1, 0.15) is 46.5 Å². The molecule has 0 aromatic rings. The Hall–Kier alpha value is -1.40. The molecule has 0 aromatic carbocycles. The largest absolute Gasteiger partial charge is 0.264 e. The molecule has 0 aliphatic carbocycles. The van der Waals surface area contributed by atoms with E-state index in [2.05, 4.69) is 6.58 Å². The molecule has 0 bridgehead atoms. The summed E-state index contributed by atoms with van der Waals surface area (Å²) in [6.07, 6.45) is 3.57. The zero-order valence-corrected chi connectivity index (χ0v) is 12.9. The van der Waals surface area contributed by atoms with Gasteiger partial charge in [-0.05, 0) is 17.8 Å². The first-order valence-corrected chi connectivity index (χ1v) is 7.18. The molecule has 0 saturated heterocycles. The van der Waals surface area contributed by atoms with Gasteiger partial charge in [0.2, 0.25) is 12.1 Å². The summed E-state index contributed by atoms with van der Waals surface area (Å²) in [6, 6.07) is -1.99. The van der Waals surface area contributed by atoms with E-state index in [1.54, 1.807) is 0 Å². The predicted molar refractivity (Wildman–Crippen MR) is 82.0 cm³/mol. The average Bonchev–Trinajstić information content (AvgIpc) is 2.41. The Bertz CT molecular complexity index is 358. The summed E-state index contributed by atoms with van der Waals surface area (Å²) in [5.41, 5.74) is 0. The lowest BCUT2D eigenvalue weighted by molar-refractivity contribution is -0.571. The topological polar surface area (TPSA) is 86.3 Å². The van der Waals surface area contributed by atoms with Crippen molar-refractivity contribution in [2.75, 3.05) is 0 Å². The molecular weight excluding hydrogens is 259 g/mol. The summed E-state index contributed by atoms with van der Waals surface area (Å²) in [7, 11) is 1.91. The van der Waals surface area contributed by atoms with E-state index in [4.69, 9.17) is 0 Å². The van der Waals surface area contributed by atoms with Crippen LogP contribution in [0.25, 0.3) is 0 Å². The van der Waals surface area contributed by atoms with Crippen molar-refractivity contribution in [2.45, 2.75) is 63.9 Å². The summed E-state index contributed by atoms with van der Waals surface area (Å²) in [5, 5.41) is 22.2. The van der Waals surface area contributed by atoms with Crippen LogP contribution < -0.4 is 0 Å². The van der Waals surface area contributed by atoms with Gasteiger partial charge < -0.3 is 0 Å². The monoisotopic (exact) mass is 284 g/mol. The second-order valence-corrected chi connectivity index (χ2v) is 5.54. The van der Waals surface area contributed by atoms with Gasteiger partial charge in [0.05, 0.1) is 5.92 Å². The molecule has 20 heavy (non-hydrogen) atoms. The minimum atomic E-state index is -1.08. The molecule has 0 aromatic heterocycles. The first-order chi connectivity index (χ1) is 9.28. The predicted octanol–water partition coefficient (Wildman–Crippen LogP) is 2.49. The smallest absolute Gasteiger partial charge is 0.240 e. The number of hydrogen-bond acceptors (Lipinski definition) is 4. The number of hydrogen-bond donors (Lipinski definition) is 0. The van der Waals surface area contributed by atoms with Crippen molar-refractivity contribution in [3.8, 4) is 0 Å². The molecule has 3 unspecified atom stereocenters. The van der Waals surface area contributed by atoms with E-state index in [0.717, 1.165) is 0 Å². The van der Waals surface area contributed by atoms with E-state index in [1.165, 1.54) is 6.08 Å². The molecule has 3 atom stereocenters. The van der Waals surface area contributed by atoms with E-state index in [0.29, 0.717) is 25.7 Å². The zero-order valence-electron chi connectivity index (χ0n) is 12.9. The first-order valence-electron chi connectivity index (χ1n) is 7.18. The minimum absolute atomic E-state index is 0.349. The number of nitrogens with zero attached hydrogens (tertiary/aromatic N) is 2. The van der Waals surface area contributed by atoms with Crippen molar-refractivity contribution in [3.63, 3.8) is 0 Å². The maximum atomic E-state index is 11.4. The van der Waals surface area contributed by atoms with Gasteiger partial charge in [0.15, 0.2) is 0 Å². The lowest BCUT2D eigenvalue weighted by Gasteiger charge is -2.37. The highest BCUT2D eigenvalue weighted by molar-refractivity contribution is 6.15. The summed E-state index contributed by atoms with van der Waals surface area (Å²) >= 11 is 0. The third-order valence-electron chi connectivity index (χ3n) is 4.54. The molecule has 0 fully saturated rings. The second kappa shape index (κ2) is 8.02. The Morgan fingerprint density at radius 3 is 1.95 bits per heavy atom. The van der Waals surface area contributed by atoms with Crippen LogP contribution in [0.15, 0.2) is 12.7 Å². The first kappa shape index (κ1) is 18.6. The fourth-order valence-electron chi connectivity index (χ4n) is 2.90. The van der Waals surface area contributed by atoms with Crippen molar-refractivity contribution in [2.24, 2.45) is 5.92 Å². The quantitative estimate of drug-likeness (QED) is 0.267. The molecule has 6 nitrogen and oxygen atoms in total. The number of rotatable bonds is 10. The van der Waals surface area contributed by atoms with Crippen molar-refractivity contribution in [1.82, 2.24) is 0 Å². The van der Waals surface area contributed by atoms with Gasteiger partial charge in [-0.1, -0.05) is 40.2 Å².